The molecule has 6 aromatic rings. The number of likely N-dealkylation sites (N-methyl/N-ethyl adjacent to an activating group) is 1. The lowest BCUT2D eigenvalue weighted by Gasteiger charge is -2.47. The number of methoxy groups -OCH3 is 3. The number of fused-ring (bicyclic) bond motifs is 21. The van der Waals surface area contributed by atoms with Gasteiger partial charge in [0, 0.05) is 52.5 Å². The number of rotatable bonds is 10. The van der Waals surface area contributed by atoms with Crippen molar-refractivity contribution in [2.24, 2.45) is 0 Å². The lowest BCUT2D eigenvalue weighted by atomic mass is 9.76. The minimum Gasteiger partial charge on any atom is -0.496 e. The van der Waals surface area contributed by atoms with Crippen LogP contribution in [0.25, 0.3) is 0 Å². The maximum absolute atomic E-state index is 13.0. The number of carbonyl (C=O) groups is 2. The number of carbonyl (C=O) groups excluding carboxylic acids is 2. The lowest BCUT2D eigenvalue weighted by molar-refractivity contribution is 0.0593. The summed E-state index contributed by atoms with van der Waals surface area (Å²) < 4.78 is 59.4. The fraction of sp³-hybridized carbons (Fsp3) is 0.364. The Morgan fingerprint density at radius 3 is 1.23 bits per heavy atom. The molecule has 4 N–H and O–H groups in total. The Labute approximate surface area is 503 Å². The number of amides is 1. The van der Waals surface area contributed by atoms with E-state index in [4.69, 9.17) is 59.0 Å². The van der Waals surface area contributed by atoms with Crippen LogP contribution in [0, 0.1) is 0 Å². The zero-order valence-electron chi connectivity index (χ0n) is 48.3. The van der Waals surface area contributed by atoms with Crippen molar-refractivity contribution >= 4 is 23.1 Å². The van der Waals surface area contributed by atoms with Crippen molar-refractivity contribution in [3.05, 3.63) is 182 Å². The van der Waals surface area contributed by atoms with Gasteiger partial charge < -0.3 is 72.7 Å². The van der Waals surface area contributed by atoms with Gasteiger partial charge in [0.15, 0.2) is 34.5 Å². The maximum Gasteiger partial charge on any atom is 0.411 e. The molecule has 0 radical (unpaired) electrons. The molecule has 6 aromatic carbocycles. The minimum absolute atomic E-state index is 0.00834. The Hall–Kier alpha value is -8.17. The molecule has 0 saturated carbocycles. The molecule has 86 heavy (non-hydrogen) atoms. The Balaban J connectivity index is 0.000000120. The van der Waals surface area contributed by atoms with Crippen LogP contribution in [0.1, 0.15) is 120 Å². The molecule has 450 valence electrons. The molecule has 9 aliphatic heterocycles. The highest BCUT2D eigenvalue weighted by Gasteiger charge is 2.46. The van der Waals surface area contributed by atoms with Crippen LogP contribution >= 0.6 is 11.6 Å². The van der Waals surface area contributed by atoms with Crippen molar-refractivity contribution in [1.29, 1.82) is 0 Å². The van der Waals surface area contributed by atoms with Gasteiger partial charge in [0.05, 0.1) is 53.2 Å². The summed E-state index contributed by atoms with van der Waals surface area (Å²) in [5.74, 6) is 7.02. The van der Waals surface area contributed by atoms with Crippen molar-refractivity contribution in [3.8, 4) is 51.7 Å². The van der Waals surface area contributed by atoms with Crippen LogP contribution in [0.2, 0.25) is 0 Å². The van der Waals surface area contributed by atoms with E-state index in [1.165, 1.54) is 50.6 Å². The summed E-state index contributed by atoms with van der Waals surface area (Å²) in [7, 11) is 7.10. The number of hydrogen-bond acceptors (Lipinski definition) is 18. The first-order valence-corrected chi connectivity index (χ1v) is 28.9. The summed E-state index contributed by atoms with van der Waals surface area (Å²) in [6.07, 6.45) is 7.54. The van der Waals surface area contributed by atoms with Gasteiger partial charge >= 0.3 is 11.5 Å². The Kier molecular flexibility index (Phi) is 16.7. The van der Waals surface area contributed by atoms with Crippen LogP contribution in [0.4, 0.5) is 9.59 Å². The van der Waals surface area contributed by atoms with Crippen LogP contribution in [-0.4, -0.2) is 98.6 Å². The average Bonchev–Trinajstić information content (AvgIpc) is 2.12. The molecule has 1 amide bonds. The number of halogens is 1. The standard InChI is InChI=1S/C23H23NO6.C20H21NO4.C19H19NO4.C4H5ClO2/c1-3-4-28-23(26)24-18-7-14-9-21-22(30-12-29-21)10-17(14)19(24)6-13-8-20(27-2)15(11-25)5-16(13)18;1-21-16-5-12-7-19-20(25-10-24-19)8-15(12)17(21)4-11-6-18(23-2)13(9-22)3-14(11)16;1-22-17-5-10-3-16-14-7-19-18(23-9-24-19)6-11(14)4-15(20-16)13(10)2-12(17)8-21;1-2-3-7-4(5)6/h3,5,8-10,18-19,25H,1,4,6-7,11-12H2,2H3;3,6-8,16-17,22H,4-5,9-10H2,1-2H3;2,5-7,15-16,20-21H,3-4,8-9H2,1H3;2H,1,3H2/t18-,19-;16-,17-;15-,16-;/m000./s1. The van der Waals surface area contributed by atoms with Crippen molar-refractivity contribution in [1.82, 2.24) is 15.1 Å². The quantitative estimate of drug-likeness (QED) is 0.0741. The van der Waals surface area contributed by atoms with E-state index in [9.17, 15) is 24.9 Å². The normalized spacial score (nSPS) is 20.8. The third-order valence-electron chi connectivity index (χ3n) is 17.6. The van der Waals surface area contributed by atoms with Crippen molar-refractivity contribution in [3.63, 3.8) is 0 Å². The van der Waals surface area contributed by atoms with Crippen molar-refractivity contribution < 1.29 is 77.0 Å². The van der Waals surface area contributed by atoms with Gasteiger partial charge in [-0.15, -0.1) is 0 Å². The molecule has 9 heterocycles. The lowest BCUT2D eigenvalue weighted by Crippen LogP contribution is -2.46. The van der Waals surface area contributed by atoms with E-state index in [1.54, 1.807) is 27.4 Å². The molecule has 20 heteroatoms. The molecule has 9 aliphatic rings. The van der Waals surface area contributed by atoms with E-state index in [2.05, 4.69) is 83.7 Å². The van der Waals surface area contributed by atoms with Gasteiger partial charge in [0.25, 0.3) is 0 Å². The van der Waals surface area contributed by atoms with Gasteiger partial charge in [-0.25, -0.2) is 9.59 Å². The van der Waals surface area contributed by atoms with Crippen LogP contribution in [0.5, 0.6) is 51.7 Å². The zero-order valence-corrected chi connectivity index (χ0v) is 49.0. The van der Waals surface area contributed by atoms with E-state index in [0.29, 0.717) is 55.6 Å². The fourth-order valence-corrected chi connectivity index (χ4v) is 13.7. The van der Waals surface area contributed by atoms with Crippen LogP contribution < -0.4 is 47.9 Å². The third-order valence-corrected chi connectivity index (χ3v) is 17.7. The summed E-state index contributed by atoms with van der Waals surface area (Å²) in [5.41, 5.74) is 16.3. The molecule has 6 atom stereocenters. The van der Waals surface area contributed by atoms with E-state index in [0.717, 1.165) is 99.3 Å². The van der Waals surface area contributed by atoms with Crippen LogP contribution in [0.15, 0.2) is 98.1 Å². The Morgan fingerprint density at radius 2 is 0.826 bits per heavy atom. The SMILES string of the molecule is C=CCOC(=O)Cl.C=CCOC(=O)N1[C@H]2Cc3cc4c(cc3[C@@H]1Cc1cc(OC)c(CO)cc12)OCO4.COc1cc2c(cc1CO)[C@@H]1Cc3cc4c(cc3[C@H](C2)N1)OCO4.COc1cc2c(cc1CO)[C@@H]1Cc3cc4c(cc3[C@H](C2)N1C)OCO4. The van der Waals surface area contributed by atoms with Gasteiger partial charge in [-0.05, 0) is 185 Å². The molecule has 0 spiro atoms. The summed E-state index contributed by atoms with van der Waals surface area (Å²) in [6.45, 7) is 7.92. The number of ether oxygens (including phenoxy) is 11. The molecule has 0 saturated heterocycles. The predicted molar refractivity (Wildman–Crippen MR) is 315 cm³/mol. The highest BCUT2D eigenvalue weighted by atomic mass is 35.5. The van der Waals surface area contributed by atoms with Crippen LogP contribution in [-0.2, 0) is 67.8 Å². The number of aliphatic hydroxyl groups is 3. The van der Waals surface area contributed by atoms with E-state index in [-0.39, 0.29) is 70.1 Å². The van der Waals surface area contributed by atoms with Crippen LogP contribution in [0.3, 0.4) is 0 Å². The smallest absolute Gasteiger partial charge is 0.411 e. The second kappa shape index (κ2) is 24.7. The topological polar surface area (TPSA) is 215 Å². The molecule has 6 bridgehead atoms. The largest absolute Gasteiger partial charge is 0.496 e. The van der Waals surface area contributed by atoms with Gasteiger partial charge in [0.1, 0.15) is 30.5 Å². The summed E-state index contributed by atoms with van der Waals surface area (Å²) in [4.78, 5) is 27.0. The molecule has 15 rings (SSSR count). The second-order valence-corrected chi connectivity index (χ2v) is 22.4. The highest BCUT2D eigenvalue weighted by molar-refractivity contribution is 6.61. The van der Waals surface area contributed by atoms with E-state index < -0.39 is 5.43 Å². The van der Waals surface area contributed by atoms with Gasteiger partial charge in [-0.2, -0.15) is 0 Å². The number of nitrogens with zero attached hydrogens (tertiary/aromatic N) is 2. The molecular formula is C66H68ClN3O16. The summed E-state index contributed by atoms with van der Waals surface area (Å²) in [6, 6.07) is 25.6. The fourth-order valence-electron chi connectivity index (χ4n) is 13.7. The van der Waals surface area contributed by atoms with Gasteiger partial charge in [-0.1, -0.05) is 25.3 Å². The number of hydrogen-bond donors (Lipinski definition) is 4. The number of nitrogens with one attached hydrogen (secondary N) is 1. The third kappa shape index (κ3) is 10.8. The highest BCUT2D eigenvalue weighted by Crippen LogP contribution is 2.53. The Morgan fingerprint density at radius 1 is 0.500 bits per heavy atom. The molecular weight excluding hydrogens is 1130 g/mol. The average molecular weight is 1190 g/mol. The Bertz CT molecular complexity index is 3650. The molecule has 0 aromatic heterocycles. The molecule has 0 fully saturated rings. The van der Waals surface area contributed by atoms with E-state index >= 15 is 0 Å². The first-order valence-electron chi connectivity index (χ1n) is 28.5. The second-order valence-electron chi connectivity index (χ2n) is 22.1. The molecule has 0 aliphatic carbocycles. The molecule has 0 unspecified atom stereocenters. The minimum atomic E-state index is -0.792. The van der Waals surface area contributed by atoms with Crippen molar-refractivity contribution in [2.45, 2.75) is 94.6 Å². The predicted octanol–water partition coefficient (Wildman–Crippen LogP) is 10.1. The number of benzene rings is 6. The number of aliphatic hydroxyl groups excluding tert-OH is 3. The maximum atomic E-state index is 13.0. The first kappa shape index (κ1) is 58.2. The monoisotopic (exact) mass is 1190 g/mol. The first-order chi connectivity index (χ1) is 41.9. The molecule has 19 nitrogen and oxygen atoms in total. The summed E-state index contributed by atoms with van der Waals surface area (Å²) in [5, 5.41) is 32.8. The van der Waals surface area contributed by atoms with Gasteiger partial charge in [-0.3, -0.25) is 9.80 Å². The van der Waals surface area contributed by atoms with E-state index in [1.807, 2.05) is 29.2 Å². The zero-order chi connectivity index (χ0) is 59.9. The van der Waals surface area contributed by atoms with Crippen molar-refractivity contribution in [2.75, 3.05) is 62.0 Å². The van der Waals surface area contributed by atoms with Gasteiger partial charge in [0.2, 0.25) is 20.4 Å². The summed E-state index contributed by atoms with van der Waals surface area (Å²) >= 11 is 4.75.